The van der Waals surface area contributed by atoms with Crippen molar-refractivity contribution in [3.05, 3.63) is 61.6 Å². The van der Waals surface area contributed by atoms with Gasteiger partial charge in [0.05, 0.1) is 22.0 Å². The monoisotopic (exact) mass is 665 g/mol. The first-order valence-corrected chi connectivity index (χ1v) is 15.4. The van der Waals surface area contributed by atoms with E-state index in [1.807, 2.05) is 6.92 Å². The Bertz CT molecular complexity index is 1190. The lowest BCUT2D eigenvalue weighted by atomic mass is 10.1. The third kappa shape index (κ3) is 7.72. The number of hydrogen-bond donors (Lipinski definition) is 1. The number of carbonyl (C=O) groups excluding carboxylic acids is 2. The highest BCUT2D eigenvalue weighted by Crippen LogP contribution is 2.25. The molecule has 7 nitrogen and oxygen atoms in total. The third-order valence-electron chi connectivity index (χ3n) is 6.22. The van der Waals surface area contributed by atoms with E-state index in [2.05, 4.69) is 27.9 Å². The smallest absolute Gasteiger partial charge is 0.244 e. The van der Waals surface area contributed by atoms with E-state index in [1.54, 1.807) is 42.5 Å². The molecule has 1 atom stereocenters. The second-order valence-corrected chi connectivity index (χ2v) is 12.9. The Morgan fingerprint density at radius 2 is 1.72 bits per heavy atom. The van der Waals surface area contributed by atoms with E-state index in [0.29, 0.717) is 27.7 Å². The SMILES string of the molecule is CC[C@@H](C(=O)NC1CCCC1)N(Cc1ccc(Cl)c(Cl)c1)C(=O)CN(c1ccc(I)cc1)S(C)(=O)=O. The van der Waals surface area contributed by atoms with Gasteiger partial charge in [0.1, 0.15) is 12.6 Å². The van der Waals surface area contributed by atoms with E-state index in [1.165, 1.54) is 4.90 Å². The number of nitrogens with zero attached hydrogens (tertiary/aromatic N) is 2. The standard InChI is InChI=1S/C25H30Cl2IN3O4S/c1-3-23(25(33)29-19-6-4-5-7-19)30(15-17-8-13-21(26)22(27)14-17)24(32)16-31(36(2,34)35)20-11-9-18(28)10-12-20/h8-14,19,23H,3-7,15-16H2,1-2H3,(H,29,33)/t23-/m0/s1. The summed E-state index contributed by atoms with van der Waals surface area (Å²) < 4.78 is 27.3. The van der Waals surface area contributed by atoms with Crippen molar-refractivity contribution in [3.8, 4) is 0 Å². The zero-order valence-corrected chi connectivity index (χ0v) is 24.7. The van der Waals surface area contributed by atoms with Crippen LogP contribution < -0.4 is 9.62 Å². The summed E-state index contributed by atoms with van der Waals surface area (Å²) in [6.07, 6.45) is 5.38. The van der Waals surface area contributed by atoms with Crippen molar-refractivity contribution in [1.29, 1.82) is 0 Å². The van der Waals surface area contributed by atoms with Crippen molar-refractivity contribution in [2.24, 2.45) is 0 Å². The van der Waals surface area contributed by atoms with Crippen LogP contribution in [0.5, 0.6) is 0 Å². The van der Waals surface area contributed by atoms with Crippen LogP contribution in [0, 0.1) is 3.57 Å². The number of carbonyl (C=O) groups is 2. The molecule has 1 N–H and O–H groups in total. The minimum Gasteiger partial charge on any atom is -0.352 e. The number of hydrogen-bond acceptors (Lipinski definition) is 4. The summed E-state index contributed by atoms with van der Waals surface area (Å²) >= 11 is 14.4. The first kappa shape index (κ1) is 29.0. The highest BCUT2D eigenvalue weighted by molar-refractivity contribution is 14.1. The van der Waals surface area contributed by atoms with Crippen molar-refractivity contribution in [2.45, 2.75) is 57.7 Å². The highest BCUT2D eigenvalue weighted by atomic mass is 127. The average molecular weight is 666 g/mol. The lowest BCUT2D eigenvalue weighted by molar-refractivity contribution is -0.140. The number of rotatable bonds is 10. The number of benzene rings is 2. The Hall–Kier alpha value is -1.56. The lowest BCUT2D eigenvalue weighted by Crippen LogP contribution is -2.53. The van der Waals surface area contributed by atoms with E-state index < -0.39 is 28.5 Å². The third-order valence-corrected chi connectivity index (χ3v) is 8.82. The summed E-state index contributed by atoms with van der Waals surface area (Å²) in [6.45, 7) is 1.48. The highest BCUT2D eigenvalue weighted by Gasteiger charge is 2.33. The maximum absolute atomic E-state index is 13.7. The summed E-state index contributed by atoms with van der Waals surface area (Å²) in [7, 11) is -3.77. The minimum atomic E-state index is -3.77. The number of halogens is 3. The van der Waals surface area contributed by atoms with Gasteiger partial charge in [0.2, 0.25) is 21.8 Å². The van der Waals surface area contributed by atoms with Gasteiger partial charge >= 0.3 is 0 Å². The van der Waals surface area contributed by atoms with E-state index >= 15 is 0 Å². The molecule has 0 aliphatic heterocycles. The van der Waals surface area contributed by atoms with Crippen molar-refractivity contribution in [1.82, 2.24) is 10.2 Å². The van der Waals surface area contributed by atoms with Gasteiger partial charge in [-0.05, 0) is 83.8 Å². The Morgan fingerprint density at radius 1 is 1.08 bits per heavy atom. The van der Waals surface area contributed by atoms with Crippen LogP contribution in [-0.4, -0.2) is 50.0 Å². The van der Waals surface area contributed by atoms with Crippen LogP contribution >= 0.6 is 45.8 Å². The zero-order valence-electron chi connectivity index (χ0n) is 20.2. The number of anilines is 1. The molecule has 1 aliphatic carbocycles. The Kier molecular flexibility index (Phi) is 10.3. The fourth-order valence-electron chi connectivity index (χ4n) is 4.34. The Morgan fingerprint density at radius 3 is 2.28 bits per heavy atom. The van der Waals surface area contributed by atoms with Crippen molar-refractivity contribution < 1.29 is 18.0 Å². The molecule has 2 aromatic rings. The fourth-order valence-corrected chi connectivity index (χ4v) is 5.87. The van der Waals surface area contributed by atoms with Gasteiger partial charge in [-0.2, -0.15) is 0 Å². The molecule has 196 valence electrons. The van der Waals surface area contributed by atoms with E-state index in [4.69, 9.17) is 23.2 Å². The molecular weight excluding hydrogens is 636 g/mol. The van der Waals surface area contributed by atoms with Gasteiger partial charge in [-0.3, -0.25) is 13.9 Å². The average Bonchev–Trinajstić information content (AvgIpc) is 3.32. The maximum atomic E-state index is 13.7. The van der Waals surface area contributed by atoms with Crippen molar-refractivity contribution >= 4 is 73.3 Å². The summed E-state index contributed by atoms with van der Waals surface area (Å²) in [5, 5.41) is 3.80. The summed E-state index contributed by atoms with van der Waals surface area (Å²) in [5.41, 5.74) is 1.06. The van der Waals surface area contributed by atoms with Gasteiger partial charge in [-0.25, -0.2) is 8.42 Å². The molecule has 0 saturated heterocycles. The van der Waals surface area contributed by atoms with Crippen LogP contribution in [0.15, 0.2) is 42.5 Å². The van der Waals surface area contributed by atoms with Crippen LogP contribution in [0.3, 0.4) is 0 Å². The summed E-state index contributed by atoms with van der Waals surface area (Å²) in [5.74, 6) is -0.726. The summed E-state index contributed by atoms with van der Waals surface area (Å²) in [4.78, 5) is 28.5. The molecule has 36 heavy (non-hydrogen) atoms. The molecule has 1 fully saturated rings. The molecule has 2 aromatic carbocycles. The number of nitrogens with one attached hydrogen (secondary N) is 1. The van der Waals surface area contributed by atoms with Gasteiger partial charge in [-0.15, -0.1) is 0 Å². The van der Waals surface area contributed by atoms with E-state index in [-0.39, 0.29) is 18.5 Å². The van der Waals surface area contributed by atoms with Crippen LogP contribution in [0.25, 0.3) is 0 Å². The molecule has 1 aliphatic rings. The zero-order chi connectivity index (χ0) is 26.5. The first-order chi connectivity index (χ1) is 17.0. The second-order valence-electron chi connectivity index (χ2n) is 8.93. The molecule has 0 radical (unpaired) electrons. The Labute approximate surface area is 236 Å². The number of amides is 2. The van der Waals surface area contributed by atoms with Crippen LogP contribution in [0.2, 0.25) is 10.0 Å². The van der Waals surface area contributed by atoms with Crippen LogP contribution in [-0.2, 0) is 26.2 Å². The topological polar surface area (TPSA) is 86.8 Å². The first-order valence-electron chi connectivity index (χ1n) is 11.8. The molecule has 1 saturated carbocycles. The lowest BCUT2D eigenvalue weighted by Gasteiger charge is -2.33. The molecule has 0 bridgehead atoms. The second kappa shape index (κ2) is 12.8. The van der Waals surface area contributed by atoms with Crippen molar-refractivity contribution in [3.63, 3.8) is 0 Å². The molecular formula is C25H30Cl2IN3O4S. The molecule has 0 unspecified atom stereocenters. The predicted molar refractivity (Wildman–Crippen MR) is 153 cm³/mol. The van der Waals surface area contributed by atoms with Gasteiger partial charge in [0.25, 0.3) is 0 Å². The van der Waals surface area contributed by atoms with Crippen LogP contribution in [0.4, 0.5) is 5.69 Å². The van der Waals surface area contributed by atoms with Gasteiger partial charge in [-0.1, -0.05) is 49.0 Å². The maximum Gasteiger partial charge on any atom is 0.244 e. The molecule has 3 rings (SSSR count). The Balaban J connectivity index is 1.93. The minimum absolute atomic E-state index is 0.0800. The molecule has 0 spiro atoms. The number of sulfonamides is 1. The van der Waals surface area contributed by atoms with Gasteiger partial charge in [0, 0.05) is 16.2 Å². The molecule has 11 heteroatoms. The largest absolute Gasteiger partial charge is 0.352 e. The van der Waals surface area contributed by atoms with Crippen molar-refractivity contribution in [2.75, 3.05) is 17.1 Å². The van der Waals surface area contributed by atoms with Gasteiger partial charge in [0.15, 0.2) is 0 Å². The molecule has 0 aromatic heterocycles. The molecule has 0 heterocycles. The fraction of sp³-hybridized carbons (Fsp3) is 0.440. The normalized spacial score (nSPS) is 14.9. The van der Waals surface area contributed by atoms with E-state index in [0.717, 1.165) is 39.8 Å². The molecule has 2 amide bonds. The van der Waals surface area contributed by atoms with Gasteiger partial charge < -0.3 is 10.2 Å². The van der Waals surface area contributed by atoms with E-state index in [9.17, 15) is 18.0 Å². The quantitative estimate of drug-likeness (QED) is 0.352. The van der Waals surface area contributed by atoms with Crippen LogP contribution in [0.1, 0.15) is 44.6 Å². The predicted octanol–water partition coefficient (Wildman–Crippen LogP) is 5.23. The summed E-state index contributed by atoms with van der Waals surface area (Å²) in [6, 6.07) is 11.2.